The summed E-state index contributed by atoms with van der Waals surface area (Å²) in [6, 6.07) is 18.6. The van der Waals surface area contributed by atoms with E-state index in [1.54, 1.807) is 48.5 Å². The van der Waals surface area contributed by atoms with E-state index in [4.69, 9.17) is 14.2 Å². The zero-order valence-electron chi connectivity index (χ0n) is 23.1. The molecule has 4 rings (SSSR count). The normalized spacial score (nSPS) is 16.6. The highest BCUT2D eigenvalue weighted by atomic mass is 16.5. The summed E-state index contributed by atoms with van der Waals surface area (Å²) in [4.78, 5) is 28.4. The number of carbonyl (C=O) groups excluding carboxylic acids is 2. The molecule has 3 aromatic carbocycles. The Morgan fingerprint density at radius 2 is 1.69 bits per heavy atom. The predicted octanol–water partition coefficient (Wildman–Crippen LogP) is 6.60. The summed E-state index contributed by atoms with van der Waals surface area (Å²) in [7, 11) is 0. The van der Waals surface area contributed by atoms with E-state index >= 15 is 0 Å². The highest BCUT2D eigenvalue weighted by molar-refractivity contribution is 6.51. The number of carbonyl (C=O) groups is 2. The molecule has 1 atom stereocenters. The van der Waals surface area contributed by atoms with Gasteiger partial charge in [-0.1, -0.05) is 19.1 Å². The topological polar surface area (TPSA) is 85.3 Å². The molecule has 0 radical (unpaired) electrons. The predicted molar refractivity (Wildman–Crippen MR) is 152 cm³/mol. The van der Waals surface area contributed by atoms with Crippen molar-refractivity contribution in [2.24, 2.45) is 0 Å². The number of aliphatic hydroxyl groups is 1. The summed E-state index contributed by atoms with van der Waals surface area (Å²) in [6.07, 6.45) is 0.810. The molecule has 0 aliphatic carbocycles. The number of ether oxygens (including phenoxy) is 3. The van der Waals surface area contributed by atoms with Gasteiger partial charge in [-0.25, -0.2) is 0 Å². The Kier molecular flexibility index (Phi) is 8.59. The number of Topliss-reactive ketones (excluding diaryl/α,β-unsaturated/α-hetero) is 1. The fourth-order valence-electron chi connectivity index (χ4n) is 4.64. The number of benzene rings is 3. The molecule has 1 saturated heterocycles. The summed E-state index contributed by atoms with van der Waals surface area (Å²) in [5, 5.41) is 11.5. The lowest BCUT2D eigenvalue weighted by atomic mass is 9.94. The maximum Gasteiger partial charge on any atom is 0.300 e. The van der Waals surface area contributed by atoms with Gasteiger partial charge >= 0.3 is 0 Å². The van der Waals surface area contributed by atoms with E-state index in [9.17, 15) is 14.7 Å². The maximum atomic E-state index is 13.5. The Bertz CT molecular complexity index is 1380. The lowest BCUT2D eigenvalue weighted by Gasteiger charge is -2.26. The zero-order chi connectivity index (χ0) is 28.1. The number of aliphatic hydroxyl groups excluding tert-OH is 1. The number of hydrogen-bond donors (Lipinski definition) is 1. The third-order valence-electron chi connectivity index (χ3n) is 6.33. The molecule has 0 aromatic heterocycles. The van der Waals surface area contributed by atoms with Crippen LogP contribution in [0.5, 0.6) is 17.2 Å². The standard InChI is InChI=1S/C32H35NO6/c1-6-17-38-27-16-11-23(18-21(27)5)30(34)28-29(22-9-8-10-26(19-22)39-20(3)4)33(32(36)31(28)35)24-12-14-25(15-13-24)37-7-2/h8-16,18-20,29,34H,6-7,17H2,1-5H3/b30-28+. The average Bonchev–Trinajstić information content (AvgIpc) is 3.18. The van der Waals surface area contributed by atoms with Crippen molar-refractivity contribution in [2.75, 3.05) is 18.1 Å². The van der Waals surface area contributed by atoms with Crippen LogP contribution in [-0.4, -0.2) is 36.1 Å². The van der Waals surface area contributed by atoms with Crippen LogP contribution in [0.3, 0.4) is 0 Å². The molecule has 204 valence electrons. The summed E-state index contributed by atoms with van der Waals surface area (Å²) >= 11 is 0. The van der Waals surface area contributed by atoms with Gasteiger partial charge in [0, 0.05) is 11.3 Å². The second kappa shape index (κ2) is 12.1. The molecule has 0 bridgehead atoms. The van der Waals surface area contributed by atoms with Crippen LogP contribution in [0.15, 0.2) is 72.3 Å². The van der Waals surface area contributed by atoms with Gasteiger partial charge in [0.05, 0.1) is 30.9 Å². The minimum Gasteiger partial charge on any atom is -0.507 e. The van der Waals surface area contributed by atoms with Gasteiger partial charge in [-0.3, -0.25) is 14.5 Å². The van der Waals surface area contributed by atoms with Gasteiger partial charge in [0.25, 0.3) is 11.7 Å². The van der Waals surface area contributed by atoms with Crippen LogP contribution in [0, 0.1) is 6.92 Å². The largest absolute Gasteiger partial charge is 0.507 e. The SMILES string of the molecule is CCCOc1ccc(/C(O)=C2\C(=O)C(=O)N(c3ccc(OCC)cc3)C2c2cccc(OC(C)C)c2)cc1C. The number of aryl methyl sites for hydroxylation is 1. The zero-order valence-corrected chi connectivity index (χ0v) is 23.1. The second-order valence-corrected chi connectivity index (χ2v) is 9.66. The fourth-order valence-corrected chi connectivity index (χ4v) is 4.64. The van der Waals surface area contributed by atoms with Crippen LogP contribution in [0.25, 0.3) is 5.76 Å². The van der Waals surface area contributed by atoms with E-state index in [-0.39, 0.29) is 17.4 Å². The summed E-state index contributed by atoms with van der Waals surface area (Å²) < 4.78 is 17.2. The molecule has 1 aliphatic rings. The van der Waals surface area contributed by atoms with Crippen molar-refractivity contribution in [3.05, 3.63) is 89.0 Å². The van der Waals surface area contributed by atoms with Crippen LogP contribution >= 0.6 is 0 Å². The maximum absolute atomic E-state index is 13.5. The van der Waals surface area contributed by atoms with Crippen LogP contribution in [0.2, 0.25) is 0 Å². The van der Waals surface area contributed by atoms with Crippen molar-refractivity contribution >= 4 is 23.1 Å². The van der Waals surface area contributed by atoms with E-state index in [2.05, 4.69) is 0 Å². The average molecular weight is 530 g/mol. The minimum atomic E-state index is -0.866. The monoisotopic (exact) mass is 529 g/mol. The molecule has 3 aromatic rings. The molecule has 0 spiro atoms. The number of nitrogens with zero attached hydrogens (tertiary/aromatic N) is 1. The van der Waals surface area contributed by atoms with Gasteiger partial charge in [0.15, 0.2) is 0 Å². The lowest BCUT2D eigenvalue weighted by Crippen LogP contribution is -2.29. The van der Waals surface area contributed by atoms with E-state index in [0.717, 1.165) is 12.0 Å². The first-order chi connectivity index (χ1) is 18.7. The van der Waals surface area contributed by atoms with Crippen LogP contribution < -0.4 is 19.1 Å². The molecular weight excluding hydrogens is 494 g/mol. The molecular formula is C32H35NO6. The molecule has 39 heavy (non-hydrogen) atoms. The van der Waals surface area contributed by atoms with Crippen molar-refractivity contribution < 1.29 is 28.9 Å². The number of hydrogen-bond acceptors (Lipinski definition) is 6. The molecule has 1 N–H and O–H groups in total. The Labute approximate surface area is 229 Å². The number of rotatable bonds is 10. The van der Waals surface area contributed by atoms with Crippen molar-refractivity contribution in [3.63, 3.8) is 0 Å². The second-order valence-electron chi connectivity index (χ2n) is 9.66. The Morgan fingerprint density at radius 3 is 2.33 bits per heavy atom. The molecule has 1 unspecified atom stereocenters. The summed E-state index contributed by atoms with van der Waals surface area (Å²) in [5.41, 5.74) is 2.41. The Hall–Kier alpha value is -4.26. The van der Waals surface area contributed by atoms with Gasteiger partial charge in [-0.2, -0.15) is 0 Å². The molecule has 7 heteroatoms. The van der Waals surface area contributed by atoms with Crippen molar-refractivity contribution in [2.45, 2.75) is 53.2 Å². The molecule has 1 heterocycles. The van der Waals surface area contributed by atoms with Crippen LogP contribution in [0.1, 0.15) is 56.8 Å². The van der Waals surface area contributed by atoms with Crippen LogP contribution in [-0.2, 0) is 9.59 Å². The number of ketones is 1. The Balaban J connectivity index is 1.86. The van der Waals surface area contributed by atoms with Gasteiger partial charge in [-0.05, 0) is 99.8 Å². The van der Waals surface area contributed by atoms with E-state index < -0.39 is 17.7 Å². The molecule has 1 fully saturated rings. The van der Waals surface area contributed by atoms with E-state index in [1.165, 1.54) is 4.90 Å². The van der Waals surface area contributed by atoms with Gasteiger partial charge < -0.3 is 19.3 Å². The summed E-state index contributed by atoms with van der Waals surface area (Å²) in [6.45, 7) is 10.7. The van der Waals surface area contributed by atoms with E-state index in [0.29, 0.717) is 47.3 Å². The molecule has 0 saturated carbocycles. The van der Waals surface area contributed by atoms with Crippen LogP contribution in [0.4, 0.5) is 5.69 Å². The minimum absolute atomic E-state index is 0.0113. The highest BCUT2D eigenvalue weighted by Crippen LogP contribution is 2.43. The lowest BCUT2D eigenvalue weighted by molar-refractivity contribution is -0.132. The first-order valence-electron chi connectivity index (χ1n) is 13.3. The number of anilines is 1. The van der Waals surface area contributed by atoms with Gasteiger partial charge in [0.1, 0.15) is 23.0 Å². The molecule has 7 nitrogen and oxygen atoms in total. The fraction of sp³-hybridized carbons (Fsp3) is 0.312. The quantitative estimate of drug-likeness (QED) is 0.181. The molecule has 1 amide bonds. The number of amides is 1. The van der Waals surface area contributed by atoms with Crippen molar-refractivity contribution in [1.82, 2.24) is 0 Å². The third-order valence-corrected chi connectivity index (χ3v) is 6.33. The highest BCUT2D eigenvalue weighted by Gasteiger charge is 2.47. The molecule has 1 aliphatic heterocycles. The van der Waals surface area contributed by atoms with Gasteiger partial charge in [-0.15, -0.1) is 0 Å². The Morgan fingerprint density at radius 1 is 0.949 bits per heavy atom. The third kappa shape index (κ3) is 5.93. The van der Waals surface area contributed by atoms with Crippen molar-refractivity contribution in [1.29, 1.82) is 0 Å². The van der Waals surface area contributed by atoms with E-state index in [1.807, 2.05) is 52.8 Å². The first-order valence-corrected chi connectivity index (χ1v) is 13.3. The smallest absolute Gasteiger partial charge is 0.300 e. The van der Waals surface area contributed by atoms with Crippen molar-refractivity contribution in [3.8, 4) is 17.2 Å². The van der Waals surface area contributed by atoms with Gasteiger partial charge in [0.2, 0.25) is 0 Å². The summed E-state index contributed by atoms with van der Waals surface area (Å²) in [5.74, 6) is 0.243. The first kappa shape index (κ1) is 27.8.